The summed E-state index contributed by atoms with van der Waals surface area (Å²) in [6.45, 7) is 2.10. The molecule has 6 nitrogen and oxygen atoms in total. The van der Waals surface area contributed by atoms with Gasteiger partial charge in [-0.2, -0.15) is 0 Å². The molecule has 0 aliphatic rings. The lowest BCUT2D eigenvalue weighted by molar-refractivity contribution is 0.0954. The van der Waals surface area contributed by atoms with Crippen LogP contribution >= 0.6 is 34.3 Å². The Kier molecular flexibility index (Phi) is 6.43. The number of amides is 1. The highest BCUT2D eigenvalue weighted by atomic mass is 35.5. The fraction of sp³-hybridized carbons (Fsp3) is 0.263. The molecule has 3 aromatic rings. The first kappa shape index (κ1) is 20.4. The highest BCUT2D eigenvalue weighted by Gasteiger charge is 2.18. The molecule has 0 aliphatic carbocycles. The number of halogens is 1. The zero-order valence-electron chi connectivity index (χ0n) is 15.8. The smallest absolute Gasteiger partial charge is 0.263 e. The Morgan fingerprint density at radius 3 is 2.36 bits per heavy atom. The molecule has 0 bridgehead atoms. The summed E-state index contributed by atoms with van der Waals surface area (Å²) in [7, 11) is 4.69. The van der Waals surface area contributed by atoms with Crippen LogP contribution in [0.5, 0.6) is 17.2 Å². The molecule has 0 atom stereocenters. The van der Waals surface area contributed by atoms with Gasteiger partial charge >= 0.3 is 0 Å². The van der Waals surface area contributed by atoms with Crippen molar-refractivity contribution in [3.63, 3.8) is 0 Å². The molecule has 0 unspecified atom stereocenters. The number of aryl methyl sites for hydroxylation is 1. The normalized spacial score (nSPS) is 10.6. The molecule has 0 aliphatic heterocycles. The van der Waals surface area contributed by atoms with Gasteiger partial charge in [0, 0.05) is 18.2 Å². The van der Waals surface area contributed by atoms with Gasteiger partial charge in [0.05, 0.1) is 36.2 Å². The van der Waals surface area contributed by atoms with Crippen LogP contribution in [0.2, 0.25) is 4.34 Å². The average Bonchev–Trinajstić information content (AvgIpc) is 3.30. The number of hydrogen-bond donors (Lipinski definition) is 1. The number of nitrogens with one attached hydrogen (secondary N) is 1. The first-order valence-electron chi connectivity index (χ1n) is 8.27. The molecule has 0 saturated carbocycles. The number of rotatable bonds is 7. The zero-order chi connectivity index (χ0) is 20.3. The van der Waals surface area contributed by atoms with Crippen molar-refractivity contribution in [2.24, 2.45) is 0 Å². The summed E-state index contributed by atoms with van der Waals surface area (Å²) >= 11 is 8.78. The van der Waals surface area contributed by atoms with Crippen LogP contribution in [-0.2, 0) is 6.54 Å². The second-order valence-electron chi connectivity index (χ2n) is 5.74. The van der Waals surface area contributed by atoms with Gasteiger partial charge in [-0.15, -0.1) is 22.7 Å². The lowest BCUT2D eigenvalue weighted by atomic mass is 10.1. The summed E-state index contributed by atoms with van der Waals surface area (Å²) in [6, 6.07) is 7.25. The van der Waals surface area contributed by atoms with E-state index in [4.69, 9.17) is 25.8 Å². The van der Waals surface area contributed by atoms with E-state index >= 15 is 0 Å². The van der Waals surface area contributed by atoms with Crippen LogP contribution < -0.4 is 19.5 Å². The Bertz CT molecular complexity index is 1000. The van der Waals surface area contributed by atoms with Crippen LogP contribution in [0.4, 0.5) is 0 Å². The van der Waals surface area contributed by atoms with Crippen LogP contribution in [0.1, 0.15) is 20.9 Å². The number of ether oxygens (including phenoxy) is 3. The fourth-order valence-corrected chi connectivity index (χ4v) is 4.71. The Morgan fingerprint density at radius 1 is 1.07 bits per heavy atom. The zero-order valence-corrected chi connectivity index (χ0v) is 18.2. The van der Waals surface area contributed by atoms with Gasteiger partial charge in [0.1, 0.15) is 15.6 Å². The minimum absolute atomic E-state index is 0.194. The lowest BCUT2D eigenvalue weighted by Gasteiger charge is -2.14. The Balaban J connectivity index is 1.78. The molecular formula is C19H19ClN2O4S2. The van der Waals surface area contributed by atoms with Gasteiger partial charge in [0.15, 0.2) is 11.5 Å². The van der Waals surface area contributed by atoms with E-state index in [2.05, 4.69) is 10.3 Å². The largest absolute Gasteiger partial charge is 0.496 e. The summed E-state index contributed by atoms with van der Waals surface area (Å²) in [4.78, 5) is 18.7. The molecule has 28 heavy (non-hydrogen) atoms. The minimum atomic E-state index is -0.194. The molecule has 1 amide bonds. The molecule has 0 fully saturated rings. The standard InChI is InChI=1S/C19H19ClN2O4S2/c1-10-17(28-19(22-10)15-5-6-16(20)27-15)18(23)21-9-11-7-13(25-3)14(26-4)8-12(11)24-2/h5-8H,9H2,1-4H3,(H,21,23). The second-order valence-corrected chi connectivity index (χ2v) is 8.45. The molecule has 1 N–H and O–H groups in total. The van der Waals surface area contributed by atoms with E-state index in [0.29, 0.717) is 32.2 Å². The Labute approximate surface area is 176 Å². The van der Waals surface area contributed by atoms with Gasteiger partial charge in [-0.05, 0) is 25.1 Å². The number of thiazole rings is 1. The topological polar surface area (TPSA) is 69.7 Å². The second kappa shape index (κ2) is 8.81. The molecule has 0 spiro atoms. The highest BCUT2D eigenvalue weighted by molar-refractivity contribution is 7.24. The van der Waals surface area contributed by atoms with Crippen molar-refractivity contribution in [3.05, 3.63) is 44.7 Å². The highest BCUT2D eigenvalue weighted by Crippen LogP contribution is 2.36. The third-order valence-electron chi connectivity index (χ3n) is 4.01. The third kappa shape index (κ3) is 4.24. The van der Waals surface area contributed by atoms with Crippen LogP contribution in [0.25, 0.3) is 9.88 Å². The van der Waals surface area contributed by atoms with E-state index < -0.39 is 0 Å². The summed E-state index contributed by atoms with van der Waals surface area (Å²) in [5.41, 5.74) is 1.46. The molecule has 2 heterocycles. The lowest BCUT2D eigenvalue weighted by Crippen LogP contribution is -2.23. The minimum Gasteiger partial charge on any atom is -0.496 e. The van der Waals surface area contributed by atoms with Crippen LogP contribution in [-0.4, -0.2) is 32.2 Å². The molecule has 3 rings (SSSR count). The van der Waals surface area contributed by atoms with Gasteiger partial charge in [-0.3, -0.25) is 4.79 Å². The van der Waals surface area contributed by atoms with Crippen LogP contribution in [0.15, 0.2) is 24.3 Å². The van der Waals surface area contributed by atoms with Gasteiger partial charge in [-0.25, -0.2) is 4.98 Å². The van der Waals surface area contributed by atoms with Crippen molar-refractivity contribution in [3.8, 4) is 27.1 Å². The number of nitrogens with zero attached hydrogens (tertiary/aromatic N) is 1. The van der Waals surface area contributed by atoms with Crippen molar-refractivity contribution >= 4 is 40.2 Å². The van der Waals surface area contributed by atoms with Crippen molar-refractivity contribution in [2.75, 3.05) is 21.3 Å². The number of carbonyl (C=O) groups is 1. The molecule has 0 saturated heterocycles. The van der Waals surface area contributed by atoms with E-state index in [1.807, 2.05) is 19.1 Å². The first-order chi connectivity index (χ1) is 13.5. The van der Waals surface area contributed by atoms with Gasteiger partial charge in [0.25, 0.3) is 5.91 Å². The average molecular weight is 439 g/mol. The molecule has 9 heteroatoms. The summed E-state index contributed by atoms with van der Waals surface area (Å²) in [6.07, 6.45) is 0. The Hall–Kier alpha value is -2.29. The van der Waals surface area contributed by atoms with Gasteiger partial charge in [0.2, 0.25) is 0 Å². The number of benzene rings is 1. The maximum atomic E-state index is 12.7. The predicted molar refractivity (Wildman–Crippen MR) is 112 cm³/mol. The number of thiophene rings is 1. The number of aromatic nitrogens is 1. The van der Waals surface area contributed by atoms with Crippen LogP contribution in [0, 0.1) is 6.92 Å². The SMILES string of the molecule is COc1cc(OC)c(OC)cc1CNC(=O)c1sc(-c2ccc(Cl)s2)nc1C. The number of methoxy groups -OCH3 is 3. The van der Waals surface area contributed by atoms with Gasteiger partial charge < -0.3 is 19.5 Å². The van der Waals surface area contributed by atoms with E-state index in [1.54, 1.807) is 33.5 Å². The van der Waals surface area contributed by atoms with Crippen molar-refractivity contribution in [1.29, 1.82) is 0 Å². The van der Waals surface area contributed by atoms with Gasteiger partial charge in [-0.1, -0.05) is 11.6 Å². The molecule has 0 radical (unpaired) electrons. The molecule has 148 valence electrons. The molecule has 1 aromatic carbocycles. The van der Waals surface area contributed by atoms with Crippen molar-refractivity contribution in [1.82, 2.24) is 10.3 Å². The quantitative estimate of drug-likeness (QED) is 0.574. The van der Waals surface area contributed by atoms with E-state index in [9.17, 15) is 4.79 Å². The number of hydrogen-bond acceptors (Lipinski definition) is 7. The fourth-order valence-electron chi connectivity index (χ4n) is 2.63. The van der Waals surface area contributed by atoms with E-state index in [1.165, 1.54) is 22.7 Å². The molecular weight excluding hydrogens is 420 g/mol. The Morgan fingerprint density at radius 2 is 1.75 bits per heavy atom. The summed E-state index contributed by atoms with van der Waals surface area (Å²) in [5, 5.41) is 3.70. The monoisotopic (exact) mass is 438 g/mol. The maximum Gasteiger partial charge on any atom is 0.263 e. The summed E-state index contributed by atoms with van der Waals surface area (Å²) < 4.78 is 16.7. The van der Waals surface area contributed by atoms with Crippen molar-refractivity contribution < 1.29 is 19.0 Å². The van der Waals surface area contributed by atoms with Crippen LogP contribution in [0.3, 0.4) is 0 Å². The number of carbonyl (C=O) groups excluding carboxylic acids is 1. The predicted octanol–water partition coefficient (Wildman–Crippen LogP) is 4.79. The first-order valence-corrected chi connectivity index (χ1v) is 10.3. The maximum absolute atomic E-state index is 12.7. The summed E-state index contributed by atoms with van der Waals surface area (Å²) in [5.74, 6) is 1.54. The van der Waals surface area contributed by atoms with E-state index in [0.717, 1.165) is 15.4 Å². The van der Waals surface area contributed by atoms with E-state index in [-0.39, 0.29) is 12.5 Å². The third-order valence-corrected chi connectivity index (χ3v) is 6.57. The molecule has 2 aromatic heterocycles. The van der Waals surface area contributed by atoms with Crippen molar-refractivity contribution in [2.45, 2.75) is 13.5 Å².